The molecule has 1 rings (SSSR count). The minimum absolute atomic E-state index is 0.0178. The lowest BCUT2D eigenvalue weighted by Gasteiger charge is -2.13. The largest absolute Gasteiger partial charge is 0.481 e. The predicted molar refractivity (Wildman–Crippen MR) is 60.2 cm³/mol. The Morgan fingerprint density at radius 3 is 2.56 bits per heavy atom. The molecule has 1 atom stereocenters. The van der Waals surface area contributed by atoms with Crippen LogP contribution in [0.25, 0.3) is 0 Å². The summed E-state index contributed by atoms with van der Waals surface area (Å²) in [6.45, 7) is 3.10. The predicted octanol–water partition coefficient (Wildman–Crippen LogP) is 1.20. The van der Waals surface area contributed by atoms with Gasteiger partial charge < -0.3 is 15.7 Å². The molecule has 0 heterocycles. The summed E-state index contributed by atoms with van der Waals surface area (Å²) in [6, 6.07) is -0.185. The van der Waals surface area contributed by atoms with E-state index in [2.05, 4.69) is 10.6 Å². The Kier molecular flexibility index (Phi) is 5.08. The van der Waals surface area contributed by atoms with Gasteiger partial charge in [0.1, 0.15) is 0 Å². The van der Waals surface area contributed by atoms with Crippen molar-refractivity contribution < 1.29 is 14.7 Å². The molecule has 16 heavy (non-hydrogen) atoms. The first kappa shape index (κ1) is 12.8. The monoisotopic (exact) mass is 228 g/mol. The van der Waals surface area contributed by atoms with E-state index in [1.54, 1.807) is 0 Å². The molecule has 1 unspecified atom stereocenters. The van der Waals surface area contributed by atoms with E-state index in [0.717, 1.165) is 13.0 Å². The SMILES string of the molecule is CCC(CNC(=O)NCC1CC1)CC(=O)O. The lowest BCUT2D eigenvalue weighted by atomic mass is 10.0. The molecule has 0 aromatic heterocycles. The van der Waals surface area contributed by atoms with Gasteiger partial charge in [-0.1, -0.05) is 13.3 Å². The fraction of sp³-hybridized carbons (Fsp3) is 0.818. The topological polar surface area (TPSA) is 78.4 Å². The molecule has 5 heteroatoms. The number of rotatable bonds is 7. The Hall–Kier alpha value is -1.26. The first-order valence-electron chi connectivity index (χ1n) is 5.85. The first-order valence-corrected chi connectivity index (χ1v) is 5.85. The van der Waals surface area contributed by atoms with Gasteiger partial charge in [0.05, 0.1) is 0 Å². The van der Waals surface area contributed by atoms with Crippen molar-refractivity contribution in [1.29, 1.82) is 0 Å². The summed E-state index contributed by atoms with van der Waals surface area (Å²) < 4.78 is 0. The van der Waals surface area contributed by atoms with E-state index >= 15 is 0 Å². The Bertz CT molecular complexity index is 252. The number of amides is 2. The summed E-state index contributed by atoms with van der Waals surface area (Å²) in [5.74, 6) is -0.136. The number of urea groups is 1. The molecule has 3 N–H and O–H groups in total. The second kappa shape index (κ2) is 6.35. The summed E-state index contributed by atoms with van der Waals surface area (Å²) in [5, 5.41) is 14.1. The van der Waals surface area contributed by atoms with Gasteiger partial charge in [0.25, 0.3) is 0 Å². The normalized spacial score (nSPS) is 16.6. The lowest BCUT2D eigenvalue weighted by Crippen LogP contribution is -2.39. The zero-order valence-electron chi connectivity index (χ0n) is 9.66. The number of carboxylic acid groups (broad SMARTS) is 1. The van der Waals surface area contributed by atoms with E-state index in [9.17, 15) is 9.59 Å². The van der Waals surface area contributed by atoms with Gasteiger partial charge in [-0.15, -0.1) is 0 Å². The maximum absolute atomic E-state index is 11.3. The molecule has 92 valence electrons. The van der Waals surface area contributed by atoms with Crippen molar-refractivity contribution in [2.75, 3.05) is 13.1 Å². The van der Waals surface area contributed by atoms with E-state index in [0.29, 0.717) is 12.5 Å². The zero-order chi connectivity index (χ0) is 12.0. The van der Waals surface area contributed by atoms with Gasteiger partial charge in [-0.05, 0) is 24.7 Å². The molecule has 0 radical (unpaired) electrons. The molecule has 2 amide bonds. The number of hydrogen-bond acceptors (Lipinski definition) is 2. The number of nitrogens with one attached hydrogen (secondary N) is 2. The van der Waals surface area contributed by atoms with Crippen LogP contribution in [-0.2, 0) is 4.79 Å². The van der Waals surface area contributed by atoms with Gasteiger partial charge in [0.15, 0.2) is 0 Å². The minimum Gasteiger partial charge on any atom is -0.481 e. The van der Waals surface area contributed by atoms with E-state index in [-0.39, 0.29) is 18.4 Å². The van der Waals surface area contributed by atoms with Crippen molar-refractivity contribution in [3.8, 4) is 0 Å². The van der Waals surface area contributed by atoms with E-state index in [4.69, 9.17) is 5.11 Å². The molecule has 1 aliphatic carbocycles. The van der Waals surface area contributed by atoms with Crippen LogP contribution in [0, 0.1) is 11.8 Å². The molecule has 1 saturated carbocycles. The molecule has 0 aromatic carbocycles. The van der Waals surface area contributed by atoms with Crippen LogP contribution in [0.5, 0.6) is 0 Å². The van der Waals surface area contributed by atoms with Crippen LogP contribution in [0.1, 0.15) is 32.6 Å². The third kappa shape index (κ3) is 5.58. The van der Waals surface area contributed by atoms with Crippen molar-refractivity contribution in [2.45, 2.75) is 32.6 Å². The fourth-order valence-corrected chi connectivity index (χ4v) is 1.47. The zero-order valence-corrected chi connectivity index (χ0v) is 9.66. The molecule has 0 saturated heterocycles. The molecule has 0 spiro atoms. The van der Waals surface area contributed by atoms with Crippen molar-refractivity contribution in [3.05, 3.63) is 0 Å². The molecule has 5 nitrogen and oxygen atoms in total. The Labute approximate surface area is 95.6 Å². The molecule has 0 aliphatic heterocycles. The number of carbonyl (C=O) groups is 2. The van der Waals surface area contributed by atoms with Gasteiger partial charge in [0, 0.05) is 19.5 Å². The molecule has 1 fully saturated rings. The third-order valence-corrected chi connectivity index (χ3v) is 2.84. The van der Waals surface area contributed by atoms with Crippen molar-refractivity contribution in [1.82, 2.24) is 10.6 Å². The first-order chi connectivity index (χ1) is 7.61. The molecule has 0 aromatic rings. The number of aliphatic carboxylic acids is 1. The number of hydrogen-bond donors (Lipinski definition) is 3. The summed E-state index contributed by atoms with van der Waals surface area (Å²) in [4.78, 5) is 21.8. The average Bonchev–Trinajstić information content (AvgIpc) is 3.04. The molecular formula is C11H20N2O3. The van der Waals surface area contributed by atoms with Gasteiger partial charge in [-0.2, -0.15) is 0 Å². The molecule has 0 bridgehead atoms. The highest BCUT2D eigenvalue weighted by molar-refractivity contribution is 5.74. The summed E-state index contributed by atoms with van der Waals surface area (Å²) in [5.41, 5.74) is 0. The van der Waals surface area contributed by atoms with E-state index in [1.165, 1.54) is 12.8 Å². The second-order valence-corrected chi connectivity index (χ2v) is 4.41. The van der Waals surface area contributed by atoms with Crippen molar-refractivity contribution in [3.63, 3.8) is 0 Å². The van der Waals surface area contributed by atoms with Crippen molar-refractivity contribution >= 4 is 12.0 Å². The van der Waals surface area contributed by atoms with Crippen molar-refractivity contribution in [2.24, 2.45) is 11.8 Å². The Morgan fingerprint density at radius 1 is 1.38 bits per heavy atom. The maximum atomic E-state index is 11.3. The van der Waals surface area contributed by atoms with Gasteiger partial charge in [0.2, 0.25) is 0 Å². The summed E-state index contributed by atoms with van der Waals surface area (Å²) >= 11 is 0. The fourth-order valence-electron chi connectivity index (χ4n) is 1.47. The Morgan fingerprint density at radius 2 is 2.06 bits per heavy atom. The average molecular weight is 228 g/mol. The summed E-state index contributed by atoms with van der Waals surface area (Å²) in [6.07, 6.45) is 3.28. The standard InChI is InChI=1S/C11H20N2O3/c1-2-8(5-10(14)15)6-12-11(16)13-7-9-3-4-9/h8-9H,2-7H2,1H3,(H,14,15)(H2,12,13,16). The van der Waals surface area contributed by atoms with Gasteiger partial charge >= 0.3 is 12.0 Å². The van der Waals surface area contributed by atoms with Crippen LogP contribution in [0.2, 0.25) is 0 Å². The van der Waals surface area contributed by atoms with Crippen LogP contribution in [0.4, 0.5) is 4.79 Å². The van der Waals surface area contributed by atoms with E-state index < -0.39 is 5.97 Å². The second-order valence-electron chi connectivity index (χ2n) is 4.41. The number of carbonyl (C=O) groups excluding carboxylic acids is 1. The smallest absolute Gasteiger partial charge is 0.314 e. The summed E-state index contributed by atoms with van der Waals surface area (Å²) in [7, 11) is 0. The van der Waals surface area contributed by atoms with Gasteiger partial charge in [-0.3, -0.25) is 4.79 Å². The lowest BCUT2D eigenvalue weighted by molar-refractivity contribution is -0.138. The van der Waals surface area contributed by atoms with Crippen LogP contribution in [-0.4, -0.2) is 30.2 Å². The van der Waals surface area contributed by atoms with Crippen LogP contribution < -0.4 is 10.6 Å². The molecule has 1 aliphatic rings. The highest BCUT2D eigenvalue weighted by Crippen LogP contribution is 2.27. The van der Waals surface area contributed by atoms with Crippen LogP contribution in [0.3, 0.4) is 0 Å². The maximum Gasteiger partial charge on any atom is 0.314 e. The quantitative estimate of drug-likeness (QED) is 0.612. The van der Waals surface area contributed by atoms with Gasteiger partial charge in [-0.25, -0.2) is 4.79 Å². The third-order valence-electron chi connectivity index (χ3n) is 2.84. The highest BCUT2D eigenvalue weighted by Gasteiger charge is 2.21. The number of carboxylic acids is 1. The van der Waals surface area contributed by atoms with E-state index in [1.807, 2.05) is 6.92 Å². The van der Waals surface area contributed by atoms with Crippen LogP contribution in [0.15, 0.2) is 0 Å². The Balaban J connectivity index is 2.09. The molecular weight excluding hydrogens is 208 g/mol. The highest BCUT2D eigenvalue weighted by atomic mass is 16.4. The minimum atomic E-state index is -0.813. The van der Waals surface area contributed by atoms with Crippen LogP contribution >= 0.6 is 0 Å².